The van der Waals surface area contributed by atoms with Gasteiger partial charge in [0.25, 0.3) is 5.91 Å². The Kier molecular flexibility index (Phi) is 6.50. The molecule has 0 unspecified atom stereocenters. The van der Waals surface area contributed by atoms with Crippen LogP contribution >= 0.6 is 0 Å². The van der Waals surface area contributed by atoms with Crippen LogP contribution in [0.2, 0.25) is 0 Å². The first-order valence-electron chi connectivity index (χ1n) is 7.60. The molecule has 2 rings (SSSR count). The molecule has 1 saturated heterocycles. The summed E-state index contributed by atoms with van der Waals surface area (Å²) in [5.41, 5.74) is 0.671. The standard InChI is InChI=1S/C16H24N2O3/c1-2-21-15-6-4-14(5-7-15)16(19)17-8-3-9-18-10-12-20-13-11-18/h4-7H,2-3,8-13H2,1H3,(H,17,19). The molecule has 0 aliphatic carbocycles. The lowest BCUT2D eigenvalue weighted by Gasteiger charge is -2.26. The van der Waals surface area contributed by atoms with Gasteiger partial charge in [0.05, 0.1) is 19.8 Å². The molecule has 1 heterocycles. The molecule has 1 aromatic rings. The summed E-state index contributed by atoms with van der Waals surface area (Å²) >= 11 is 0. The quantitative estimate of drug-likeness (QED) is 0.775. The predicted octanol–water partition coefficient (Wildman–Crippen LogP) is 1.54. The maximum atomic E-state index is 12.0. The number of morpholine rings is 1. The van der Waals surface area contributed by atoms with Gasteiger partial charge in [-0.3, -0.25) is 9.69 Å². The van der Waals surface area contributed by atoms with Crippen molar-refractivity contribution < 1.29 is 14.3 Å². The summed E-state index contributed by atoms with van der Waals surface area (Å²) in [5, 5.41) is 2.95. The van der Waals surface area contributed by atoms with Crippen molar-refractivity contribution in [2.45, 2.75) is 13.3 Å². The second kappa shape index (κ2) is 8.64. The van der Waals surface area contributed by atoms with E-state index in [4.69, 9.17) is 9.47 Å². The Balaban J connectivity index is 1.66. The lowest BCUT2D eigenvalue weighted by molar-refractivity contribution is 0.0374. The Morgan fingerprint density at radius 1 is 1.29 bits per heavy atom. The molecule has 5 heteroatoms. The molecular weight excluding hydrogens is 268 g/mol. The summed E-state index contributed by atoms with van der Waals surface area (Å²) in [6.45, 7) is 7.90. The van der Waals surface area contributed by atoms with Crippen LogP contribution in [0.5, 0.6) is 5.75 Å². The molecule has 0 bridgehead atoms. The van der Waals surface area contributed by atoms with Crippen LogP contribution in [-0.4, -0.2) is 56.8 Å². The first-order chi connectivity index (χ1) is 10.3. The Hall–Kier alpha value is -1.59. The number of nitrogens with one attached hydrogen (secondary N) is 1. The van der Waals surface area contributed by atoms with Gasteiger partial charge in [-0.1, -0.05) is 0 Å². The highest BCUT2D eigenvalue weighted by Crippen LogP contribution is 2.11. The zero-order valence-electron chi connectivity index (χ0n) is 12.6. The zero-order valence-corrected chi connectivity index (χ0v) is 12.6. The van der Waals surface area contributed by atoms with Crippen LogP contribution in [0.1, 0.15) is 23.7 Å². The Bertz CT molecular complexity index is 428. The molecule has 21 heavy (non-hydrogen) atoms. The lowest BCUT2D eigenvalue weighted by Crippen LogP contribution is -2.38. The highest BCUT2D eigenvalue weighted by molar-refractivity contribution is 5.94. The topological polar surface area (TPSA) is 50.8 Å². The Labute approximate surface area is 126 Å². The number of hydrogen-bond donors (Lipinski definition) is 1. The van der Waals surface area contributed by atoms with Gasteiger partial charge in [0.1, 0.15) is 5.75 Å². The zero-order chi connectivity index (χ0) is 14.9. The van der Waals surface area contributed by atoms with Crippen LogP contribution in [0.25, 0.3) is 0 Å². The van der Waals surface area contributed by atoms with Crippen LogP contribution in [0, 0.1) is 0 Å². The molecule has 1 aliphatic rings. The second-order valence-electron chi connectivity index (χ2n) is 5.02. The van der Waals surface area contributed by atoms with Gasteiger partial charge in [-0.05, 0) is 44.2 Å². The fraction of sp³-hybridized carbons (Fsp3) is 0.562. The van der Waals surface area contributed by atoms with Crippen LogP contribution in [0.4, 0.5) is 0 Å². The van der Waals surface area contributed by atoms with E-state index in [9.17, 15) is 4.79 Å². The summed E-state index contributed by atoms with van der Waals surface area (Å²) in [4.78, 5) is 14.3. The van der Waals surface area contributed by atoms with E-state index in [-0.39, 0.29) is 5.91 Å². The van der Waals surface area contributed by atoms with Crippen molar-refractivity contribution in [2.24, 2.45) is 0 Å². The molecule has 0 saturated carbocycles. The van der Waals surface area contributed by atoms with Crippen LogP contribution < -0.4 is 10.1 Å². The van der Waals surface area contributed by atoms with Gasteiger partial charge >= 0.3 is 0 Å². The van der Waals surface area contributed by atoms with Crippen molar-refractivity contribution in [1.82, 2.24) is 10.2 Å². The number of ether oxygens (including phenoxy) is 2. The SMILES string of the molecule is CCOc1ccc(C(=O)NCCCN2CCOCC2)cc1. The number of rotatable bonds is 7. The maximum Gasteiger partial charge on any atom is 0.251 e. The largest absolute Gasteiger partial charge is 0.494 e. The van der Waals surface area contributed by atoms with Gasteiger partial charge < -0.3 is 14.8 Å². The normalized spacial score (nSPS) is 15.7. The molecule has 5 nitrogen and oxygen atoms in total. The molecule has 0 radical (unpaired) electrons. The smallest absolute Gasteiger partial charge is 0.251 e. The summed E-state index contributed by atoms with van der Waals surface area (Å²) in [6.07, 6.45) is 0.961. The lowest BCUT2D eigenvalue weighted by atomic mass is 10.2. The fourth-order valence-corrected chi connectivity index (χ4v) is 2.30. The van der Waals surface area contributed by atoms with Crippen molar-refractivity contribution in [3.05, 3.63) is 29.8 Å². The van der Waals surface area contributed by atoms with Crippen molar-refractivity contribution in [3.8, 4) is 5.75 Å². The van der Waals surface area contributed by atoms with E-state index in [1.165, 1.54) is 0 Å². The van der Waals surface area contributed by atoms with Crippen molar-refractivity contribution in [2.75, 3.05) is 46.0 Å². The third-order valence-electron chi connectivity index (χ3n) is 3.47. The molecule has 1 amide bonds. The molecule has 0 atom stereocenters. The van der Waals surface area contributed by atoms with E-state index >= 15 is 0 Å². The molecular formula is C16H24N2O3. The number of amides is 1. The van der Waals surface area contributed by atoms with E-state index in [1.807, 2.05) is 19.1 Å². The fourth-order valence-electron chi connectivity index (χ4n) is 2.30. The minimum atomic E-state index is -0.0278. The van der Waals surface area contributed by atoms with E-state index in [0.29, 0.717) is 18.7 Å². The first kappa shape index (κ1) is 15.8. The number of benzene rings is 1. The number of carbonyl (C=O) groups is 1. The summed E-state index contributed by atoms with van der Waals surface area (Å²) in [6, 6.07) is 7.24. The van der Waals surface area contributed by atoms with E-state index in [0.717, 1.165) is 45.0 Å². The van der Waals surface area contributed by atoms with Gasteiger partial charge in [-0.2, -0.15) is 0 Å². The van der Waals surface area contributed by atoms with Crippen molar-refractivity contribution in [1.29, 1.82) is 0 Å². The van der Waals surface area contributed by atoms with Crippen LogP contribution in [-0.2, 0) is 4.74 Å². The Morgan fingerprint density at radius 3 is 2.67 bits per heavy atom. The summed E-state index contributed by atoms with van der Waals surface area (Å²) < 4.78 is 10.7. The second-order valence-corrected chi connectivity index (χ2v) is 5.02. The van der Waals surface area contributed by atoms with Gasteiger partial charge in [0.15, 0.2) is 0 Å². The Morgan fingerprint density at radius 2 is 2.00 bits per heavy atom. The molecule has 116 valence electrons. The average Bonchev–Trinajstić information content (AvgIpc) is 2.53. The molecule has 1 aliphatic heterocycles. The summed E-state index contributed by atoms with van der Waals surface area (Å²) in [7, 11) is 0. The van der Waals surface area contributed by atoms with E-state index in [2.05, 4.69) is 10.2 Å². The van der Waals surface area contributed by atoms with Crippen molar-refractivity contribution >= 4 is 5.91 Å². The van der Waals surface area contributed by atoms with Crippen molar-refractivity contribution in [3.63, 3.8) is 0 Å². The highest BCUT2D eigenvalue weighted by atomic mass is 16.5. The van der Waals surface area contributed by atoms with Crippen LogP contribution in [0.15, 0.2) is 24.3 Å². The maximum absolute atomic E-state index is 12.0. The molecule has 1 N–H and O–H groups in total. The van der Waals surface area contributed by atoms with E-state index in [1.54, 1.807) is 12.1 Å². The van der Waals surface area contributed by atoms with Gasteiger partial charge in [0.2, 0.25) is 0 Å². The highest BCUT2D eigenvalue weighted by Gasteiger charge is 2.10. The molecule has 1 aromatic carbocycles. The van der Waals surface area contributed by atoms with Crippen LogP contribution in [0.3, 0.4) is 0 Å². The van der Waals surface area contributed by atoms with Gasteiger partial charge in [0, 0.05) is 25.2 Å². The molecule has 1 fully saturated rings. The average molecular weight is 292 g/mol. The first-order valence-corrected chi connectivity index (χ1v) is 7.60. The minimum absolute atomic E-state index is 0.0278. The number of hydrogen-bond acceptors (Lipinski definition) is 4. The molecule has 0 spiro atoms. The molecule has 0 aromatic heterocycles. The predicted molar refractivity (Wildman–Crippen MR) is 81.8 cm³/mol. The monoisotopic (exact) mass is 292 g/mol. The number of carbonyl (C=O) groups excluding carboxylic acids is 1. The summed E-state index contributed by atoms with van der Waals surface area (Å²) in [5.74, 6) is 0.765. The van der Waals surface area contributed by atoms with Gasteiger partial charge in [-0.25, -0.2) is 0 Å². The number of nitrogens with zero attached hydrogens (tertiary/aromatic N) is 1. The minimum Gasteiger partial charge on any atom is -0.494 e. The third-order valence-corrected chi connectivity index (χ3v) is 3.47. The third kappa shape index (κ3) is 5.36. The van der Waals surface area contributed by atoms with E-state index < -0.39 is 0 Å². The van der Waals surface area contributed by atoms with Gasteiger partial charge in [-0.15, -0.1) is 0 Å².